The van der Waals surface area contributed by atoms with E-state index in [1.165, 1.54) is 12.1 Å². The summed E-state index contributed by atoms with van der Waals surface area (Å²) in [5.41, 5.74) is -0.174. The van der Waals surface area contributed by atoms with Gasteiger partial charge in [0.05, 0.1) is 4.90 Å². The third-order valence-corrected chi connectivity index (χ3v) is 2.69. The van der Waals surface area contributed by atoms with Crippen molar-refractivity contribution < 1.29 is 17.2 Å². The van der Waals surface area contributed by atoms with Gasteiger partial charge in [-0.15, -0.1) is 0 Å². The van der Waals surface area contributed by atoms with Crippen LogP contribution in [0.25, 0.3) is 0 Å². The van der Waals surface area contributed by atoms with Crippen LogP contribution in [0.2, 0.25) is 0 Å². The summed E-state index contributed by atoms with van der Waals surface area (Å²) in [4.78, 5) is 0.0527. The zero-order valence-electron chi connectivity index (χ0n) is 6.87. The topological polar surface area (TPSA) is 34.1 Å². The van der Waals surface area contributed by atoms with E-state index in [4.69, 9.17) is 0 Å². The van der Waals surface area contributed by atoms with E-state index in [1.807, 2.05) is 0 Å². The van der Waals surface area contributed by atoms with E-state index >= 15 is 0 Å². The minimum Gasteiger partial charge on any atom is -0.224 e. The first-order chi connectivity index (χ1) is 5.91. The first-order valence-electron chi connectivity index (χ1n) is 3.49. The van der Waals surface area contributed by atoms with Crippen molar-refractivity contribution in [1.29, 1.82) is 0 Å². The van der Waals surface area contributed by atoms with Crippen molar-refractivity contribution in [3.05, 3.63) is 29.8 Å². The van der Waals surface area contributed by atoms with Crippen molar-refractivity contribution in [1.82, 2.24) is 0 Å². The van der Waals surface area contributed by atoms with Crippen molar-refractivity contribution in [3.63, 3.8) is 0 Å². The second kappa shape index (κ2) is 3.41. The predicted molar refractivity (Wildman–Crippen MR) is 44.5 cm³/mol. The van der Waals surface area contributed by atoms with Crippen LogP contribution < -0.4 is 0 Å². The van der Waals surface area contributed by atoms with Crippen LogP contribution in [0.4, 0.5) is 8.78 Å². The molecule has 1 aromatic rings. The fourth-order valence-corrected chi connectivity index (χ4v) is 1.49. The lowest BCUT2D eigenvalue weighted by Crippen LogP contribution is -1.96. The second-order valence-corrected chi connectivity index (χ2v) is 4.66. The number of sulfone groups is 1. The third-order valence-electron chi connectivity index (χ3n) is 1.56. The molecule has 0 unspecified atom stereocenters. The minimum atomic E-state index is -3.29. The predicted octanol–water partition coefficient (Wildman–Crippen LogP) is 2.03. The molecule has 1 aromatic carbocycles. The Morgan fingerprint density at radius 1 is 1.15 bits per heavy atom. The standard InChI is InChI=1S/C8H8F2O2S/c1-13(11,12)7-4-2-6(3-5-7)8(9)10/h2-5,8H,1H3. The molecule has 5 heteroatoms. The molecule has 0 heterocycles. The molecule has 0 amide bonds. The normalized spacial score (nSPS) is 12.0. The van der Waals surface area contributed by atoms with Gasteiger partial charge in [0.15, 0.2) is 9.84 Å². The van der Waals surface area contributed by atoms with Gasteiger partial charge < -0.3 is 0 Å². The number of halogens is 2. The van der Waals surface area contributed by atoms with E-state index in [1.54, 1.807) is 0 Å². The molecule has 0 radical (unpaired) electrons. The fraction of sp³-hybridized carbons (Fsp3) is 0.250. The molecule has 0 fully saturated rings. The third kappa shape index (κ3) is 2.48. The maximum absolute atomic E-state index is 12.0. The van der Waals surface area contributed by atoms with E-state index in [0.29, 0.717) is 0 Å². The van der Waals surface area contributed by atoms with Gasteiger partial charge in [-0.25, -0.2) is 17.2 Å². The summed E-state index contributed by atoms with van der Waals surface area (Å²) >= 11 is 0. The Kier molecular flexibility index (Phi) is 2.66. The van der Waals surface area contributed by atoms with E-state index in [0.717, 1.165) is 18.4 Å². The summed E-state index contributed by atoms with van der Waals surface area (Å²) in [6.07, 6.45) is -1.53. The second-order valence-electron chi connectivity index (χ2n) is 2.64. The molecule has 13 heavy (non-hydrogen) atoms. The van der Waals surface area contributed by atoms with Gasteiger partial charge in [-0.1, -0.05) is 12.1 Å². The van der Waals surface area contributed by atoms with Crippen LogP contribution >= 0.6 is 0 Å². The highest BCUT2D eigenvalue weighted by molar-refractivity contribution is 7.90. The SMILES string of the molecule is CS(=O)(=O)c1ccc(C(F)F)cc1. The van der Waals surface area contributed by atoms with Crippen molar-refractivity contribution in [3.8, 4) is 0 Å². The molecule has 0 spiro atoms. The molecule has 0 aromatic heterocycles. The highest BCUT2D eigenvalue weighted by Crippen LogP contribution is 2.20. The van der Waals surface area contributed by atoms with Crippen LogP contribution in [0.15, 0.2) is 29.2 Å². The van der Waals surface area contributed by atoms with Crippen molar-refractivity contribution >= 4 is 9.84 Å². The Hall–Kier alpha value is -0.970. The Morgan fingerprint density at radius 3 is 1.92 bits per heavy atom. The largest absolute Gasteiger partial charge is 0.263 e. The first-order valence-corrected chi connectivity index (χ1v) is 5.38. The maximum atomic E-state index is 12.0. The highest BCUT2D eigenvalue weighted by Gasteiger charge is 2.09. The highest BCUT2D eigenvalue weighted by atomic mass is 32.2. The molecule has 1 rings (SSSR count). The molecule has 72 valence electrons. The molecule has 0 bridgehead atoms. The lowest BCUT2D eigenvalue weighted by Gasteiger charge is -2.00. The van der Waals surface area contributed by atoms with Crippen LogP contribution in [0.5, 0.6) is 0 Å². The number of hydrogen-bond acceptors (Lipinski definition) is 2. The molecule has 0 saturated heterocycles. The van der Waals surface area contributed by atoms with Crippen LogP contribution in [0, 0.1) is 0 Å². The van der Waals surface area contributed by atoms with Crippen LogP contribution in [0.3, 0.4) is 0 Å². The van der Waals surface area contributed by atoms with Gasteiger partial charge in [0.1, 0.15) is 0 Å². The summed E-state index contributed by atoms with van der Waals surface area (Å²) < 4.78 is 45.9. The summed E-state index contributed by atoms with van der Waals surface area (Å²) in [5.74, 6) is 0. The smallest absolute Gasteiger partial charge is 0.224 e. The summed E-state index contributed by atoms with van der Waals surface area (Å²) in [6.45, 7) is 0. The number of rotatable bonds is 2. The maximum Gasteiger partial charge on any atom is 0.263 e. The fourth-order valence-electron chi connectivity index (χ4n) is 0.861. The van der Waals surface area contributed by atoms with Gasteiger partial charge in [-0.3, -0.25) is 0 Å². The van der Waals surface area contributed by atoms with Crippen molar-refractivity contribution in [2.75, 3.05) is 6.26 Å². The zero-order valence-corrected chi connectivity index (χ0v) is 7.68. The average molecular weight is 206 g/mol. The molecule has 2 nitrogen and oxygen atoms in total. The van der Waals surface area contributed by atoms with E-state index in [-0.39, 0.29) is 10.5 Å². The molecule has 0 saturated carbocycles. The monoisotopic (exact) mass is 206 g/mol. The molecule has 0 aliphatic rings. The lowest BCUT2D eigenvalue weighted by molar-refractivity contribution is 0.151. The van der Waals surface area contributed by atoms with Crippen molar-refractivity contribution in [2.24, 2.45) is 0 Å². The van der Waals surface area contributed by atoms with Gasteiger partial charge >= 0.3 is 0 Å². The molecular weight excluding hydrogens is 198 g/mol. The Balaban J connectivity index is 3.08. The van der Waals surface area contributed by atoms with Gasteiger partial charge in [-0.2, -0.15) is 0 Å². The van der Waals surface area contributed by atoms with Crippen molar-refractivity contribution in [2.45, 2.75) is 11.3 Å². The molecule has 0 N–H and O–H groups in total. The van der Waals surface area contributed by atoms with Gasteiger partial charge in [-0.05, 0) is 12.1 Å². The van der Waals surface area contributed by atoms with Crippen LogP contribution in [0.1, 0.15) is 12.0 Å². The zero-order chi connectivity index (χ0) is 10.1. The van der Waals surface area contributed by atoms with E-state index < -0.39 is 16.3 Å². The quantitative estimate of drug-likeness (QED) is 0.741. The number of benzene rings is 1. The average Bonchev–Trinajstić information content (AvgIpc) is 2.03. The Bertz CT molecular complexity index is 381. The summed E-state index contributed by atoms with van der Waals surface area (Å²) in [6, 6.07) is 4.58. The number of hydrogen-bond donors (Lipinski definition) is 0. The first kappa shape index (κ1) is 10.1. The van der Waals surface area contributed by atoms with Crippen LogP contribution in [-0.2, 0) is 9.84 Å². The van der Waals surface area contributed by atoms with E-state index in [2.05, 4.69) is 0 Å². The number of alkyl halides is 2. The Morgan fingerprint density at radius 2 is 1.62 bits per heavy atom. The summed E-state index contributed by atoms with van der Waals surface area (Å²) in [7, 11) is -3.29. The molecule has 0 aliphatic carbocycles. The molecule has 0 atom stereocenters. The molecule has 0 aliphatic heterocycles. The minimum absolute atomic E-state index is 0.0527. The lowest BCUT2D eigenvalue weighted by atomic mass is 10.2. The Labute approximate surface area is 75.1 Å². The van der Waals surface area contributed by atoms with Crippen LogP contribution in [-0.4, -0.2) is 14.7 Å². The molecular formula is C8H8F2O2S. The van der Waals surface area contributed by atoms with Gasteiger partial charge in [0.2, 0.25) is 0 Å². The van der Waals surface area contributed by atoms with E-state index in [9.17, 15) is 17.2 Å². The van der Waals surface area contributed by atoms with Gasteiger partial charge in [0.25, 0.3) is 6.43 Å². The van der Waals surface area contributed by atoms with Gasteiger partial charge in [0, 0.05) is 11.8 Å². The summed E-state index contributed by atoms with van der Waals surface area (Å²) in [5, 5.41) is 0.